The van der Waals surface area contributed by atoms with Crippen LogP contribution in [0.25, 0.3) is 11.0 Å². The van der Waals surface area contributed by atoms with E-state index < -0.39 is 0 Å². The fourth-order valence-corrected chi connectivity index (χ4v) is 5.08. The molecule has 0 atom stereocenters. The molecule has 5 nitrogen and oxygen atoms in total. The first-order valence-corrected chi connectivity index (χ1v) is 11.6. The van der Waals surface area contributed by atoms with Crippen molar-refractivity contribution in [3.05, 3.63) is 88.2 Å². The molecule has 0 saturated heterocycles. The van der Waals surface area contributed by atoms with Gasteiger partial charge in [0.05, 0.1) is 13.2 Å². The van der Waals surface area contributed by atoms with Crippen LogP contribution in [0.2, 0.25) is 0 Å². The second-order valence-electron chi connectivity index (χ2n) is 9.10. The Labute approximate surface area is 193 Å². The molecule has 0 fully saturated rings. The number of aromatic nitrogens is 2. The Balaban J connectivity index is 1.45. The van der Waals surface area contributed by atoms with E-state index in [4.69, 9.17) is 9.47 Å². The molecule has 0 amide bonds. The van der Waals surface area contributed by atoms with Crippen molar-refractivity contribution in [1.82, 2.24) is 4.57 Å². The zero-order valence-corrected chi connectivity index (χ0v) is 19.1. The second-order valence-corrected chi connectivity index (χ2v) is 9.10. The quantitative estimate of drug-likeness (QED) is 0.343. The normalized spacial score (nSPS) is 14.1. The summed E-state index contributed by atoms with van der Waals surface area (Å²) < 4.78 is 16.3. The number of hydrogen-bond donors (Lipinski definition) is 0. The number of Topliss-reactive ketones (excluding diaryl/α,β-unsaturated/α-hetero) is 1. The molecule has 2 aliphatic rings. The predicted molar refractivity (Wildman–Crippen MR) is 126 cm³/mol. The summed E-state index contributed by atoms with van der Waals surface area (Å²) in [4.78, 5) is 13.0. The number of imidazole rings is 1. The van der Waals surface area contributed by atoms with Crippen LogP contribution in [0, 0.1) is 13.8 Å². The lowest BCUT2D eigenvalue weighted by Gasteiger charge is -2.11. The van der Waals surface area contributed by atoms with Crippen molar-refractivity contribution in [2.45, 2.75) is 39.8 Å². The number of carbonyl (C=O) groups is 1. The summed E-state index contributed by atoms with van der Waals surface area (Å²) >= 11 is 0. The highest BCUT2D eigenvalue weighted by Gasteiger charge is 2.29. The average molecular weight is 440 g/mol. The predicted octanol–water partition coefficient (Wildman–Crippen LogP) is 4.35. The lowest BCUT2D eigenvalue weighted by Crippen LogP contribution is -2.34. The maximum atomic E-state index is 13.0. The summed E-state index contributed by atoms with van der Waals surface area (Å²) in [5.74, 6) is 2.14. The molecule has 4 aromatic rings. The Morgan fingerprint density at radius 1 is 1.00 bits per heavy atom. The van der Waals surface area contributed by atoms with E-state index in [9.17, 15) is 4.79 Å². The molecule has 3 heterocycles. The van der Waals surface area contributed by atoms with Crippen LogP contribution < -0.4 is 14.0 Å². The van der Waals surface area contributed by atoms with Crippen molar-refractivity contribution < 1.29 is 18.8 Å². The van der Waals surface area contributed by atoms with E-state index in [0.29, 0.717) is 13.1 Å². The maximum Gasteiger partial charge on any atom is 0.245 e. The van der Waals surface area contributed by atoms with E-state index in [1.807, 2.05) is 30.3 Å². The van der Waals surface area contributed by atoms with Gasteiger partial charge in [-0.15, -0.1) is 0 Å². The first kappa shape index (κ1) is 20.0. The van der Waals surface area contributed by atoms with Gasteiger partial charge < -0.3 is 9.47 Å². The van der Waals surface area contributed by atoms with Crippen LogP contribution in [0.1, 0.15) is 38.2 Å². The molecule has 2 aliphatic heterocycles. The van der Waals surface area contributed by atoms with Gasteiger partial charge in [-0.2, -0.15) is 0 Å². The molecule has 0 bridgehead atoms. The number of aryl methyl sites for hydroxylation is 2. The Hall–Kier alpha value is -3.60. The largest absolute Gasteiger partial charge is 0.493 e. The Kier molecular flexibility index (Phi) is 4.72. The minimum absolute atomic E-state index is 0.108. The van der Waals surface area contributed by atoms with Gasteiger partial charge >= 0.3 is 0 Å². The standard InChI is InChI=1S/C28H27N2O3/c1-18-12-24-25(13-19(18)2)30(16-26(31)20-6-4-3-5-7-20)17-29(24)15-23-22-9-11-32-27(22)14-21-8-10-33-28(21)23/h3-7,12-14,17H,8-11,15-16H2,1-2H3/q+1. The van der Waals surface area contributed by atoms with Gasteiger partial charge in [-0.05, 0) is 43.2 Å². The number of carbonyl (C=O) groups excluding carboxylic acids is 1. The Morgan fingerprint density at radius 2 is 1.79 bits per heavy atom. The van der Waals surface area contributed by atoms with Gasteiger partial charge in [0.15, 0.2) is 17.6 Å². The van der Waals surface area contributed by atoms with E-state index in [1.54, 1.807) is 0 Å². The van der Waals surface area contributed by atoms with Gasteiger partial charge in [-0.1, -0.05) is 30.3 Å². The molecule has 3 aromatic carbocycles. The van der Waals surface area contributed by atoms with Crippen molar-refractivity contribution in [2.24, 2.45) is 0 Å². The monoisotopic (exact) mass is 439 g/mol. The smallest absolute Gasteiger partial charge is 0.245 e. The molecule has 0 N–H and O–H groups in total. The Bertz CT molecular complexity index is 1370. The van der Waals surface area contributed by atoms with Crippen molar-refractivity contribution >= 4 is 16.8 Å². The third-order valence-corrected chi connectivity index (χ3v) is 6.99. The molecule has 5 heteroatoms. The van der Waals surface area contributed by atoms with Gasteiger partial charge in [0, 0.05) is 35.1 Å². The summed E-state index contributed by atoms with van der Waals surface area (Å²) in [6.07, 6.45) is 3.92. The molecule has 166 valence electrons. The molecule has 0 spiro atoms. The van der Waals surface area contributed by atoms with E-state index in [1.165, 1.54) is 27.8 Å². The third-order valence-electron chi connectivity index (χ3n) is 6.99. The van der Waals surface area contributed by atoms with Crippen LogP contribution in [0.15, 0.2) is 54.9 Å². The summed E-state index contributed by atoms with van der Waals surface area (Å²) in [5, 5.41) is 0. The average Bonchev–Trinajstić information content (AvgIpc) is 3.55. The summed E-state index contributed by atoms with van der Waals surface area (Å²) in [6.45, 7) is 6.71. The number of ketones is 1. The third kappa shape index (κ3) is 3.39. The molecule has 0 unspecified atom stereocenters. The topological polar surface area (TPSA) is 44.3 Å². The van der Waals surface area contributed by atoms with Crippen LogP contribution in [0.3, 0.4) is 0 Å². The Morgan fingerprint density at radius 3 is 2.64 bits per heavy atom. The molecular weight excluding hydrogens is 412 g/mol. The minimum atomic E-state index is 0.108. The maximum absolute atomic E-state index is 13.0. The first-order chi connectivity index (χ1) is 16.1. The van der Waals surface area contributed by atoms with Crippen LogP contribution in [-0.4, -0.2) is 23.6 Å². The van der Waals surface area contributed by atoms with E-state index in [2.05, 4.69) is 47.5 Å². The summed E-state index contributed by atoms with van der Waals surface area (Å²) in [5.41, 5.74) is 9.11. The van der Waals surface area contributed by atoms with E-state index >= 15 is 0 Å². The lowest BCUT2D eigenvalue weighted by atomic mass is 9.99. The van der Waals surface area contributed by atoms with Crippen molar-refractivity contribution in [1.29, 1.82) is 0 Å². The highest BCUT2D eigenvalue weighted by molar-refractivity contribution is 5.96. The number of hydrogen-bond acceptors (Lipinski definition) is 3. The number of ether oxygens (including phenoxy) is 2. The van der Waals surface area contributed by atoms with E-state index in [-0.39, 0.29) is 5.78 Å². The molecule has 33 heavy (non-hydrogen) atoms. The zero-order chi connectivity index (χ0) is 22.5. The molecular formula is C28H27N2O3+. The van der Waals surface area contributed by atoms with Gasteiger partial charge in [0.2, 0.25) is 12.1 Å². The highest BCUT2D eigenvalue weighted by Crippen LogP contribution is 2.40. The minimum Gasteiger partial charge on any atom is -0.493 e. The number of fused-ring (bicyclic) bond motifs is 3. The zero-order valence-electron chi connectivity index (χ0n) is 19.1. The summed E-state index contributed by atoms with van der Waals surface area (Å²) in [7, 11) is 0. The van der Waals surface area contributed by atoms with Gasteiger partial charge in [-0.25, -0.2) is 9.13 Å². The van der Waals surface area contributed by atoms with Crippen molar-refractivity contribution in [3.63, 3.8) is 0 Å². The van der Waals surface area contributed by atoms with Crippen molar-refractivity contribution in [3.8, 4) is 11.5 Å². The number of rotatable bonds is 5. The fraction of sp³-hybridized carbons (Fsp3) is 0.286. The number of nitrogens with zero attached hydrogens (tertiary/aromatic N) is 2. The lowest BCUT2D eigenvalue weighted by molar-refractivity contribution is -0.663. The molecule has 0 aliphatic carbocycles. The van der Waals surface area contributed by atoms with E-state index in [0.717, 1.165) is 54.2 Å². The van der Waals surface area contributed by atoms with Gasteiger partial charge in [-0.3, -0.25) is 4.79 Å². The highest BCUT2D eigenvalue weighted by atomic mass is 16.5. The van der Waals surface area contributed by atoms with Crippen LogP contribution in [0.5, 0.6) is 11.5 Å². The first-order valence-electron chi connectivity index (χ1n) is 11.6. The fourth-order valence-electron chi connectivity index (χ4n) is 5.08. The SMILES string of the molecule is Cc1cc2c(cc1C)[n+](Cc1c3c(cc4c1OCC4)OCC3)cn2CC(=O)c1ccccc1. The van der Waals surface area contributed by atoms with Crippen LogP contribution >= 0.6 is 0 Å². The molecule has 6 rings (SSSR count). The molecule has 1 aromatic heterocycles. The van der Waals surface area contributed by atoms with Crippen LogP contribution in [0.4, 0.5) is 0 Å². The number of benzene rings is 3. The second kappa shape index (κ2) is 7.77. The summed E-state index contributed by atoms with van der Waals surface area (Å²) in [6, 6.07) is 16.1. The van der Waals surface area contributed by atoms with Crippen molar-refractivity contribution in [2.75, 3.05) is 13.2 Å². The van der Waals surface area contributed by atoms with Gasteiger partial charge in [0.1, 0.15) is 18.0 Å². The molecule has 0 radical (unpaired) electrons. The molecule has 0 saturated carbocycles. The van der Waals surface area contributed by atoms with Gasteiger partial charge in [0.25, 0.3) is 0 Å². The van der Waals surface area contributed by atoms with Crippen LogP contribution in [-0.2, 0) is 25.9 Å².